The number of hydrogen-bond donors (Lipinski definition) is 1. The highest BCUT2D eigenvalue weighted by molar-refractivity contribution is 9.10. The maximum Gasteiger partial charge on any atom is 0.329 e. The lowest BCUT2D eigenvalue weighted by molar-refractivity contribution is -0.157. The molecule has 1 aromatic rings. The Morgan fingerprint density at radius 2 is 2.00 bits per heavy atom. The highest BCUT2D eigenvalue weighted by atomic mass is 79.9. The Bertz CT molecular complexity index is 542. The summed E-state index contributed by atoms with van der Waals surface area (Å²) in [5.41, 5.74) is -0.192. The van der Waals surface area contributed by atoms with Crippen LogP contribution in [0.1, 0.15) is 26.3 Å². The van der Waals surface area contributed by atoms with Gasteiger partial charge in [0.25, 0.3) is 5.91 Å². The van der Waals surface area contributed by atoms with Crippen LogP contribution in [0.5, 0.6) is 5.75 Å². The van der Waals surface area contributed by atoms with Crippen LogP contribution in [0.15, 0.2) is 22.7 Å². The number of rotatable bonds is 6. The third-order valence-electron chi connectivity index (χ3n) is 3.25. The van der Waals surface area contributed by atoms with Crippen molar-refractivity contribution >= 4 is 27.8 Å². The zero-order valence-corrected chi connectivity index (χ0v) is 14.2. The number of carboxylic acids is 1. The minimum Gasteiger partial charge on any atom is -0.483 e. The van der Waals surface area contributed by atoms with Gasteiger partial charge in [-0.25, -0.2) is 4.79 Å². The van der Waals surface area contributed by atoms with Crippen LogP contribution >= 0.6 is 15.9 Å². The fourth-order valence-corrected chi connectivity index (χ4v) is 2.55. The van der Waals surface area contributed by atoms with Gasteiger partial charge in [-0.1, -0.05) is 6.07 Å². The normalized spacial score (nSPS) is 11.1. The number of aryl methyl sites for hydroxylation is 1. The average Bonchev–Trinajstić information content (AvgIpc) is 2.38. The maximum absolute atomic E-state index is 12.2. The number of halogens is 1. The molecule has 0 spiro atoms. The predicted octanol–water partition coefficient (Wildman–Crippen LogP) is 2.85. The van der Waals surface area contributed by atoms with Crippen LogP contribution in [-0.2, 0) is 9.59 Å². The number of likely N-dealkylation sites (N-methyl/N-ethyl adjacent to an activating group) is 1. The van der Waals surface area contributed by atoms with E-state index in [4.69, 9.17) is 4.74 Å². The zero-order chi connectivity index (χ0) is 16.2. The highest BCUT2D eigenvalue weighted by Gasteiger charge is 2.36. The molecule has 0 radical (unpaired) electrons. The molecule has 1 amide bonds. The summed E-state index contributed by atoms with van der Waals surface area (Å²) in [4.78, 5) is 24.7. The van der Waals surface area contributed by atoms with Gasteiger partial charge in [-0.3, -0.25) is 4.79 Å². The largest absolute Gasteiger partial charge is 0.483 e. The fraction of sp³-hybridized carbons (Fsp3) is 0.467. The van der Waals surface area contributed by atoms with Crippen LogP contribution < -0.4 is 4.74 Å². The van der Waals surface area contributed by atoms with Gasteiger partial charge in [0.2, 0.25) is 0 Å². The van der Waals surface area contributed by atoms with Gasteiger partial charge in [0.05, 0.1) is 4.47 Å². The standard InChI is InChI=1S/C15H20BrNO4/c1-5-17(15(3,4)14(19)20)13(18)9-21-12-7-6-10(2)8-11(12)16/h6-8H,5,9H2,1-4H3,(H,19,20). The number of hydrogen-bond acceptors (Lipinski definition) is 3. The summed E-state index contributed by atoms with van der Waals surface area (Å²) in [5.74, 6) is -0.857. The summed E-state index contributed by atoms with van der Waals surface area (Å²) in [6, 6.07) is 5.53. The second-order valence-electron chi connectivity index (χ2n) is 5.22. The van der Waals surface area contributed by atoms with E-state index >= 15 is 0 Å². The molecule has 0 atom stereocenters. The summed E-state index contributed by atoms with van der Waals surface area (Å²) in [6.45, 7) is 6.79. The molecule has 116 valence electrons. The van der Waals surface area contributed by atoms with E-state index in [1.807, 2.05) is 19.1 Å². The molecule has 0 unspecified atom stereocenters. The summed E-state index contributed by atoms with van der Waals surface area (Å²) in [5, 5.41) is 9.21. The maximum atomic E-state index is 12.2. The fourth-order valence-electron chi connectivity index (χ4n) is 1.94. The summed E-state index contributed by atoms with van der Waals surface area (Å²) in [7, 11) is 0. The molecule has 1 aromatic carbocycles. The van der Waals surface area contributed by atoms with Gasteiger partial charge in [-0.15, -0.1) is 0 Å². The molecule has 0 aliphatic carbocycles. The Morgan fingerprint density at radius 1 is 1.38 bits per heavy atom. The minimum absolute atomic E-state index is 0.202. The molecule has 0 aromatic heterocycles. The number of ether oxygens (including phenoxy) is 1. The Morgan fingerprint density at radius 3 is 2.48 bits per heavy atom. The Hall–Kier alpha value is -1.56. The van der Waals surface area contributed by atoms with Crippen molar-refractivity contribution in [3.8, 4) is 5.75 Å². The molecule has 0 saturated carbocycles. The Labute approximate surface area is 133 Å². The van der Waals surface area contributed by atoms with Gasteiger partial charge < -0.3 is 14.7 Å². The van der Waals surface area contributed by atoms with Crippen molar-refractivity contribution < 1.29 is 19.4 Å². The monoisotopic (exact) mass is 357 g/mol. The molecule has 0 heterocycles. The highest BCUT2D eigenvalue weighted by Crippen LogP contribution is 2.26. The van der Waals surface area contributed by atoms with Gasteiger partial charge in [-0.05, 0) is 61.3 Å². The van der Waals surface area contributed by atoms with E-state index in [-0.39, 0.29) is 12.5 Å². The van der Waals surface area contributed by atoms with Crippen molar-refractivity contribution in [2.45, 2.75) is 33.2 Å². The molecule has 21 heavy (non-hydrogen) atoms. The number of benzene rings is 1. The first-order valence-corrected chi connectivity index (χ1v) is 7.42. The van der Waals surface area contributed by atoms with Crippen molar-refractivity contribution in [1.29, 1.82) is 0 Å². The number of aliphatic carboxylic acids is 1. The second-order valence-corrected chi connectivity index (χ2v) is 6.08. The van der Waals surface area contributed by atoms with Crippen LogP contribution in [0.2, 0.25) is 0 Å². The summed E-state index contributed by atoms with van der Waals surface area (Å²) < 4.78 is 6.24. The third kappa shape index (κ3) is 4.20. The van der Waals surface area contributed by atoms with E-state index in [1.54, 1.807) is 13.0 Å². The van der Waals surface area contributed by atoms with Gasteiger partial charge in [0.15, 0.2) is 6.61 Å². The molecule has 1 rings (SSSR count). The lowest BCUT2D eigenvalue weighted by atomic mass is 10.0. The number of carboxylic acid groups (broad SMARTS) is 1. The Balaban J connectivity index is 2.78. The molecular formula is C15H20BrNO4. The smallest absolute Gasteiger partial charge is 0.329 e. The van der Waals surface area contributed by atoms with Gasteiger partial charge >= 0.3 is 5.97 Å². The van der Waals surface area contributed by atoms with E-state index in [0.29, 0.717) is 12.3 Å². The molecule has 0 saturated heterocycles. The predicted molar refractivity (Wildman–Crippen MR) is 83.5 cm³/mol. The van der Waals surface area contributed by atoms with Crippen molar-refractivity contribution in [1.82, 2.24) is 4.90 Å². The van der Waals surface area contributed by atoms with E-state index in [9.17, 15) is 14.7 Å². The number of amides is 1. The quantitative estimate of drug-likeness (QED) is 0.849. The summed E-state index contributed by atoms with van der Waals surface area (Å²) in [6.07, 6.45) is 0. The third-order valence-corrected chi connectivity index (χ3v) is 3.87. The molecule has 6 heteroatoms. The average molecular weight is 358 g/mol. The first-order chi connectivity index (χ1) is 9.70. The first kappa shape index (κ1) is 17.5. The molecule has 0 aliphatic heterocycles. The molecule has 5 nitrogen and oxygen atoms in total. The van der Waals surface area contributed by atoms with E-state index in [0.717, 1.165) is 10.0 Å². The first-order valence-electron chi connectivity index (χ1n) is 6.63. The van der Waals surface area contributed by atoms with E-state index in [2.05, 4.69) is 15.9 Å². The minimum atomic E-state index is -1.26. The van der Waals surface area contributed by atoms with Crippen molar-refractivity contribution in [3.63, 3.8) is 0 Å². The SMILES string of the molecule is CCN(C(=O)COc1ccc(C)cc1Br)C(C)(C)C(=O)O. The number of nitrogens with zero attached hydrogens (tertiary/aromatic N) is 1. The molecule has 0 bridgehead atoms. The summed E-state index contributed by atoms with van der Waals surface area (Å²) >= 11 is 3.37. The number of carbonyl (C=O) groups excluding carboxylic acids is 1. The zero-order valence-electron chi connectivity index (χ0n) is 12.6. The van der Waals surface area contributed by atoms with Crippen LogP contribution in [0.3, 0.4) is 0 Å². The van der Waals surface area contributed by atoms with Gasteiger partial charge in [0, 0.05) is 6.54 Å². The lowest BCUT2D eigenvalue weighted by Gasteiger charge is -2.34. The topological polar surface area (TPSA) is 66.8 Å². The second kappa shape index (κ2) is 6.93. The van der Waals surface area contributed by atoms with Gasteiger partial charge in [0.1, 0.15) is 11.3 Å². The molecule has 0 aliphatic rings. The van der Waals surface area contributed by atoms with Crippen molar-refractivity contribution in [2.24, 2.45) is 0 Å². The van der Waals surface area contributed by atoms with Gasteiger partial charge in [-0.2, -0.15) is 0 Å². The molecule has 1 N–H and O–H groups in total. The van der Waals surface area contributed by atoms with Crippen LogP contribution in [-0.4, -0.2) is 40.6 Å². The Kier molecular flexibility index (Phi) is 5.78. The van der Waals surface area contributed by atoms with Crippen molar-refractivity contribution in [2.75, 3.05) is 13.2 Å². The van der Waals surface area contributed by atoms with Crippen molar-refractivity contribution in [3.05, 3.63) is 28.2 Å². The van der Waals surface area contributed by atoms with Crippen LogP contribution in [0.25, 0.3) is 0 Å². The molecule has 0 fully saturated rings. The number of carbonyl (C=O) groups is 2. The molecular weight excluding hydrogens is 338 g/mol. The van der Waals surface area contributed by atoms with Crippen LogP contribution in [0, 0.1) is 6.92 Å². The van der Waals surface area contributed by atoms with E-state index in [1.165, 1.54) is 18.7 Å². The van der Waals surface area contributed by atoms with Crippen LogP contribution in [0.4, 0.5) is 0 Å². The lowest BCUT2D eigenvalue weighted by Crippen LogP contribution is -2.54. The van der Waals surface area contributed by atoms with E-state index < -0.39 is 11.5 Å².